The van der Waals surface area contributed by atoms with Crippen LogP contribution in [0.1, 0.15) is 25.2 Å². The highest BCUT2D eigenvalue weighted by Crippen LogP contribution is 2.16. The van der Waals surface area contributed by atoms with Gasteiger partial charge in [-0.2, -0.15) is 13.2 Å². The Labute approximate surface area is 108 Å². The molecule has 12 heteroatoms. The molecule has 1 aromatic heterocycles. The Balaban J connectivity index is 3.05. The zero-order valence-electron chi connectivity index (χ0n) is 10.0. The fourth-order valence-electron chi connectivity index (χ4n) is 1.04. The summed E-state index contributed by atoms with van der Waals surface area (Å²) in [5.74, 6) is -2.54. The Morgan fingerprint density at radius 1 is 1.45 bits per heavy atom. The lowest BCUT2D eigenvalue weighted by molar-refractivity contribution is -0.803. The summed E-state index contributed by atoms with van der Waals surface area (Å²) in [5, 5.41) is 28.6. The van der Waals surface area contributed by atoms with Crippen molar-refractivity contribution in [2.24, 2.45) is 10.3 Å². The molecule has 0 atom stereocenters. The van der Waals surface area contributed by atoms with Gasteiger partial charge < -0.3 is 15.3 Å². The molecule has 0 saturated carbocycles. The molecule has 0 aliphatic rings. The van der Waals surface area contributed by atoms with Crippen LogP contribution in [0.3, 0.4) is 0 Å². The van der Waals surface area contributed by atoms with Gasteiger partial charge in [0.2, 0.25) is 0 Å². The van der Waals surface area contributed by atoms with Crippen molar-refractivity contribution in [2.45, 2.75) is 20.0 Å². The van der Waals surface area contributed by atoms with E-state index in [0.29, 0.717) is 0 Å². The summed E-state index contributed by atoms with van der Waals surface area (Å²) in [5.41, 5.74) is -1.33. The quantitative estimate of drug-likeness (QED) is 0.282. The van der Waals surface area contributed by atoms with Crippen molar-refractivity contribution in [1.82, 2.24) is 5.16 Å². The Kier molecular flexibility index (Phi) is 4.27. The van der Waals surface area contributed by atoms with Gasteiger partial charge in [-0.05, 0) is 18.8 Å². The van der Waals surface area contributed by atoms with Crippen molar-refractivity contribution >= 4 is 17.4 Å². The highest BCUT2D eigenvalue weighted by atomic mass is 19.4. The fraction of sp³-hybridized carbons (Fsp3) is 0.375. The summed E-state index contributed by atoms with van der Waals surface area (Å²) in [6.45, 7) is 2.31. The summed E-state index contributed by atoms with van der Waals surface area (Å²) in [6, 6.07) is 0. The van der Waals surface area contributed by atoms with Crippen molar-refractivity contribution in [3.63, 3.8) is 0 Å². The minimum absolute atomic E-state index is 0.144. The summed E-state index contributed by atoms with van der Waals surface area (Å²) in [6.07, 6.45) is -5.21. The van der Waals surface area contributed by atoms with Crippen LogP contribution < -0.4 is 4.90 Å². The SMILES string of the molecule is C/C(=N/OC(=O)C(F)(F)F)c1no[n+]([O-])c1/C(C)=N/O. The molecule has 0 unspecified atom stereocenters. The topological polar surface area (TPSA) is 124 Å². The summed E-state index contributed by atoms with van der Waals surface area (Å²) in [7, 11) is 0. The Hall–Kier alpha value is -2.66. The number of nitrogens with zero attached hydrogens (tertiary/aromatic N) is 4. The molecule has 1 aromatic rings. The molecule has 1 rings (SSSR count). The number of hydrogen-bond donors (Lipinski definition) is 1. The average Bonchev–Trinajstić information content (AvgIpc) is 2.75. The Morgan fingerprint density at radius 3 is 2.55 bits per heavy atom. The largest absolute Gasteiger partial charge is 0.493 e. The van der Waals surface area contributed by atoms with Gasteiger partial charge in [0, 0.05) is 5.16 Å². The molecule has 0 radical (unpaired) electrons. The van der Waals surface area contributed by atoms with Crippen molar-refractivity contribution < 1.29 is 37.5 Å². The van der Waals surface area contributed by atoms with Gasteiger partial charge in [0.1, 0.15) is 11.4 Å². The summed E-state index contributed by atoms with van der Waals surface area (Å²) >= 11 is 0. The van der Waals surface area contributed by atoms with Gasteiger partial charge >= 0.3 is 12.1 Å². The zero-order valence-corrected chi connectivity index (χ0v) is 10.0. The van der Waals surface area contributed by atoms with Crippen molar-refractivity contribution in [3.05, 3.63) is 16.6 Å². The maximum Gasteiger partial charge on any atom is 0.493 e. The molecular formula is C8H7F3N4O5. The van der Waals surface area contributed by atoms with Crippen LogP contribution >= 0.6 is 0 Å². The van der Waals surface area contributed by atoms with Crippen LogP contribution in [0.5, 0.6) is 0 Å². The highest BCUT2D eigenvalue weighted by Gasteiger charge is 2.42. The van der Waals surface area contributed by atoms with E-state index in [-0.39, 0.29) is 22.0 Å². The second-order valence-electron chi connectivity index (χ2n) is 3.37. The van der Waals surface area contributed by atoms with Gasteiger partial charge in [-0.1, -0.05) is 10.3 Å². The second kappa shape index (κ2) is 5.54. The van der Waals surface area contributed by atoms with Crippen LogP contribution in [0.25, 0.3) is 0 Å². The molecule has 110 valence electrons. The van der Waals surface area contributed by atoms with E-state index in [2.05, 4.69) is 24.9 Å². The van der Waals surface area contributed by atoms with Crippen molar-refractivity contribution in [2.75, 3.05) is 0 Å². The zero-order chi connectivity index (χ0) is 15.5. The van der Waals surface area contributed by atoms with E-state index < -0.39 is 17.8 Å². The monoisotopic (exact) mass is 296 g/mol. The predicted octanol–water partition coefficient (Wildman–Crippen LogP) is 0.336. The second-order valence-corrected chi connectivity index (χ2v) is 3.37. The minimum atomic E-state index is -5.21. The molecule has 0 aromatic carbocycles. The van der Waals surface area contributed by atoms with Crippen molar-refractivity contribution in [1.29, 1.82) is 0 Å². The lowest BCUT2D eigenvalue weighted by Gasteiger charge is -2.01. The minimum Gasteiger partial charge on any atom is -0.411 e. The maximum atomic E-state index is 11.9. The smallest absolute Gasteiger partial charge is 0.411 e. The maximum absolute atomic E-state index is 11.9. The number of alkyl halides is 3. The molecule has 1 heterocycles. The van der Waals surface area contributed by atoms with Crippen LogP contribution in [0.4, 0.5) is 13.2 Å². The Bertz CT molecular complexity index is 577. The van der Waals surface area contributed by atoms with Crippen molar-refractivity contribution in [3.8, 4) is 0 Å². The number of oxime groups is 2. The predicted molar refractivity (Wildman–Crippen MR) is 53.8 cm³/mol. The first kappa shape index (κ1) is 15.4. The molecule has 0 spiro atoms. The number of carbonyl (C=O) groups excluding carboxylic acids is 1. The van der Waals surface area contributed by atoms with Gasteiger partial charge in [0.05, 0.1) is 0 Å². The van der Waals surface area contributed by atoms with E-state index in [1.54, 1.807) is 0 Å². The van der Waals surface area contributed by atoms with Gasteiger partial charge in [0.15, 0.2) is 0 Å². The standard InChI is InChI=1S/C8H7F3N4O5/c1-3(13-19-7(16)8(9,10)11)5-6(4(2)12-17)15(18)20-14-5/h17H,1-2H3/b12-4+,13-3-. The van der Waals surface area contributed by atoms with Gasteiger partial charge in [0.25, 0.3) is 11.4 Å². The lowest BCUT2D eigenvalue weighted by Crippen LogP contribution is -2.31. The molecule has 20 heavy (non-hydrogen) atoms. The van der Waals surface area contributed by atoms with Gasteiger partial charge in [-0.25, -0.2) is 4.79 Å². The van der Waals surface area contributed by atoms with E-state index >= 15 is 0 Å². The third kappa shape index (κ3) is 3.21. The number of carbonyl (C=O) groups is 1. The average molecular weight is 296 g/mol. The van der Waals surface area contributed by atoms with Crippen LogP contribution in [0.15, 0.2) is 14.9 Å². The normalized spacial score (nSPS) is 13.4. The van der Waals surface area contributed by atoms with Crippen LogP contribution in [0, 0.1) is 5.21 Å². The molecule has 9 nitrogen and oxygen atoms in total. The molecular weight excluding hydrogens is 289 g/mol. The van der Waals surface area contributed by atoms with E-state index in [0.717, 1.165) is 6.92 Å². The third-order valence-corrected chi connectivity index (χ3v) is 1.95. The van der Waals surface area contributed by atoms with E-state index in [1.807, 2.05) is 0 Å². The fourth-order valence-corrected chi connectivity index (χ4v) is 1.04. The molecule has 0 saturated heterocycles. The van der Waals surface area contributed by atoms with E-state index in [9.17, 15) is 23.2 Å². The number of rotatable bonds is 3. The molecule has 0 fully saturated rings. The Morgan fingerprint density at radius 2 is 2.05 bits per heavy atom. The van der Waals surface area contributed by atoms with Gasteiger partial charge in [-0.3, -0.25) is 4.63 Å². The lowest BCUT2D eigenvalue weighted by atomic mass is 10.2. The third-order valence-electron chi connectivity index (χ3n) is 1.95. The number of aromatic nitrogens is 2. The molecule has 0 aliphatic heterocycles. The highest BCUT2D eigenvalue weighted by molar-refractivity contribution is 6.07. The van der Waals surface area contributed by atoms with Gasteiger partial charge in [-0.15, -0.1) is 0 Å². The molecule has 0 bridgehead atoms. The van der Waals surface area contributed by atoms with Crippen LogP contribution in [-0.2, 0) is 9.63 Å². The van der Waals surface area contributed by atoms with Crippen LogP contribution in [0.2, 0.25) is 0 Å². The first-order valence-electron chi connectivity index (χ1n) is 4.80. The van der Waals surface area contributed by atoms with Crippen LogP contribution in [-0.4, -0.2) is 33.9 Å². The summed E-state index contributed by atoms with van der Waals surface area (Å²) in [4.78, 5) is 13.9. The number of halogens is 3. The van der Waals surface area contributed by atoms with E-state index in [1.165, 1.54) is 6.92 Å². The molecule has 1 N–H and O–H groups in total. The number of hydrogen-bond acceptors (Lipinski definition) is 8. The molecule has 0 amide bonds. The summed E-state index contributed by atoms with van der Waals surface area (Å²) < 4.78 is 39.8. The first-order valence-corrected chi connectivity index (χ1v) is 4.80. The van der Waals surface area contributed by atoms with E-state index in [4.69, 9.17) is 5.21 Å². The molecule has 0 aliphatic carbocycles. The first-order chi connectivity index (χ1) is 9.18.